The number of hydrogen-bond donors (Lipinski definition) is 3. The van der Waals surface area contributed by atoms with Gasteiger partial charge in [-0.05, 0) is 72.9 Å². The van der Waals surface area contributed by atoms with Crippen molar-refractivity contribution in [1.82, 2.24) is 4.90 Å². The number of hydrogen-bond acceptors (Lipinski definition) is 13. The molecule has 3 N–H and O–H groups in total. The molecule has 0 aromatic heterocycles. The molecule has 2 aliphatic carbocycles. The van der Waals surface area contributed by atoms with Crippen LogP contribution >= 0.6 is 11.6 Å². The second-order valence-electron chi connectivity index (χ2n) is 15.7. The van der Waals surface area contributed by atoms with Crippen LogP contribution in [0.5, 0.6) is 17.2 Å². The average molecular weight is 892 g/mol. The van der Waals surface area contributed by atoms with Gasteiger partial charge in [0.2, 0.25) is 5.79 Å². The summed E-state index contributed by atoms with van der Waals surface area (Å²) in [7, 11) is 0. The van der Waals surface area contributed by atoms with Crippen molar-refractivity contribution in [1.29, 1.82) is 0 Å². The lowest BCUT2D eigenvalue weighted by Gasteiger charge is -2.59. The Hall–Kier alpha value is -5.03. The number of benzene rings is 3. The van der Waals surface area contributed by atoms with Gasteiger partial charge in [0.05, 0.1) is 54.9 Å². The van der Waals surface area contributed by atoms with Crippen molar-refractivity contribution in [2.45, 2.75) is 69.3 Å². The number of carbonyl (C=O) groups is 1. The molecule has 0 bridgehead atoms. The molecule has 1 saturated carbocycles. The van der Waals surface area contributed by atoms with Gasteiger partial charge in [0.25, 0.3) is 5.69 Å². The van der Waals surface area contributed by atoms with Crippen molar-refractivity contribution in [2.75, 3.05) is 58.7 Å². The summed E-state index contributed by atoms with van der Waals surface area (Å²) in [6, 6.07) is 20.2. The smallest absolute Gasteiger partial charge is 0.410 e. The maximum Gasteiger partial charge on any atom is 0.410 e. The molecule has 340 valence electrons. The van der Waals surface area contributed by atoms with E-state index in [0.29, 0.717) is 42.9 Å². The highest BCUT2D eigenvalue weighted by atomic mass is 35.5. The Balaban J connectivity index is 1.58. The van der Waals surface area contributed by atoms with Gasteiger partial charge in [-0.2, -0.15) is 0 Å². The maximum atomic E-state index is 14.3. The molecular formula is C47H58ClN3O12. The highest BCUT2D eigenvalue weighted by molar-refractivity contribution is 6.18. The number of rotatable bonds is 25. The summed E-state index contributed by atoms with van der Waals surface area (Å²) in [6.07, 6.45) is 7.46. The van der Waals surface area contributed by atoms with Gasteiger partial charge < -0.3 is 43.8 Å². The Morgan fingerprint density at radius 3 is 2.48 bits per heavy atom. The van der Waals surface area contributed by atoms with E-state index in [1.165, 1.54) is 17.0 Å². The molecule has 1 heterocycles. The number of allylic oxidation sites excluding steroid dienone is 1. The predicted octanol–water partition coefficient (Wildman–Crippen LogP) is 7.91. The molecule has 0 radical (unpaired) electrons. The van der Waals surface area contributed by atoms with Crippen molar-refractivity contribution < 1.29 is 53.6 Å². The van der Waals surface area contributed by atoms with Crippen molar-refractivity contribution in [3.05, 3.63) is 118 Å². The minimum atomic E-state index is -1.57. The summed E-state index contributed by atoms with van der Waals surface area (Å²) >= 11 is 6.03. The van der Waals surface area contributed by atoms with Crippen LogP contribution in [0.25, 0.3) is 0 Å². The molecule has 3 aromatic carbocycles. The van der Waals surface area contributed by atoms with Crippen LogP contribution in [0.1, 0.15) is 62.0 Å². The average Bonchev–Trinajstić information content (AvgIpc) is 3.29. The zero-order chi connectivity index (χ0) is 44.6. The quantitative estimate of drug-likeness (QED) is 0.0245. The fourth-order valence-corrected chi connectivity index (χ4v) is 9.26. The summed E-state index contributed by atoms with van der Waals surface area (Å²) in [5.74, 6) is -1.37. The number of nitro benzene ring substituents is 1. The number of halogens is 1. The summed E-state index contributed by atoms with van der Waals surface area (Å²) in [6.45, 7) is 4.19. The van der Waals surface area contributed by atoms with Gasteiger partial charge in [0.15, 0.2) is 0 Å². The molecule has 1 amide bonds. The third-order valence-electron chi connectivity index (χ3n) is 11.8. The molecule has 0 unspecified atom stereocenters. The first-order valence-corrected chi connectivity index (χ1v) is 22.2. The molecule has 63 heavy (non-hydrogen) atoms. The van der Waals surface area contributed by atoms with Crippen molar-refractivity contribution in [3.8, 4) is 17.2 Å². The van der Waals surface area contributed by atoms with Crippen LogP contribution in [0.3, 0.4) is 0 Å². The Morgan fingerprint density at radius 1 is 0.968 bits per heavy atom. The van der Waals surface area contributed by atoms with Gasteiger partial charge in [-0.15, -0.1) is 18.2 Å². The van der Waals surface area contributed by atoms with Crippen LogP contribution in [0.2, 0.25) is 0 Å². The number of aliphatic hydroxyl groups is 3. The van der Waals surface area contributed by atoms with E-state index in [9.17, 15) is 30.2 Å². The number of oxime groups is 1. The molecule has 6 atom stereocenters. The van der Waals surface area contributed by atoms with Crippen LogP contribution < -0.4 is 9.47 Å². The first kappa shape index (κ1) is 47.4. The molecule has 16 heteroatoms. The second-order valence-corrected chi connectivity index (χ2v) is 16.1. The van der Waals surface area contributed by atoms with Crippen molar-refractivity contribution >= 4 is 29.1 Å². The van der Waals surface area contributed by atoms with Gasteiger partial charge >= 0.3 is 6.09 Å². The predicted molar refractivity (Wildman–Crippen MR) is 236 cm³/mol. The lowest BCUT2D eigenvalue weighted by molar-refractivity contribution is -0.384. The van der Waals surface area contributed by atoms with E-state index in [2.05, 4.69) is 12.7 Å². The number of carbonyl (C=O) groups excluding carboxylic acids is 1. The minimum absolute atomic E-state index is 0.0246. The van der Waals surface area contributed by atoms with E-state index in [1.807, 2.05) is 36.4 Å². The number of aliphatic hydroxyl groups excluding tert-OH is 3. The summed E-state index contributed by atoms with van der Waals surface area (Å²) in [5, 5.41) is 45.9. The first-order chi connectivity index (χ1) is 30.8. The fraction of sp³-hybridized carbons (Fsp3) is 0.489. The normalized spacial score (nSPS) is 22.8. The summed E-state index contributed by atoms with van der Waals surface area (Å²) in [4.78, 5) is 33.2. The van der Waals surface area contributed by atoms with Gasteiger partial charge in [-0.3, -0.25) is 15.0 Å². The molecule has 3 aromatic rings. The van der Waals surface area contributed by atoms with Crippen LogP contribution in [0.15, 0.2) is 102 Å². The Bertz CT molecular complexity index is 2040. The van der Waals surface area contributed by atoms with E-state index in [0.717, 1.165) is 29.5 Å². The monoisotopic (exact) mass is 891 g/mol. The number of fused-ring (bicyclic) bond motifs is 2. The zero-order valence-electron chi connectivity index (χ0n) is 35.4. The van der Waals surface area contributed by atoms with Gasteiger partial charge in [0.1, 0.15) is 36.5 Å². The molecule has 1 aliphatic heterocycles. The molecule has 0 saturated heterocycles. The number of nitro groups is 1. The fourth-order valence-electron chi connectivity index (χ4n) is 9.18. The van der Waals surface area contributed by atoms with Gasteiger partial charge in [-0.25, -0.2) is 4.79 Å². The van der Waals surface area contributed by atoms with Crippen LogP contribution in [0.4, 0.5) is 10.5 Å². The molecule has 1 fully saturated rings. The molecule has 3 aliphatic rings. The van der Waals surface area contributed by atoms with E-state index in [-0.39, 0.29) is 101 Å². The van der Waals surface area contributed by atoms with Crippen LogP contribution in [-0.2, 0) is 25.7 Å². The number of nitrogens with zero attached hydrogens (tertiary/aromatic N) is 3. The zero-order valence-corrected chi connectivity index (χ0v) is 36.2. The van der Waals surface area contributed by atoms with Crippen LogP contribution in [-0.4, -0.2) is 107 Å². The van der Waals surface area contributed by atoms with Crippen molar-refractivity contribution in [2.24, 2.45) is 22.9 Å². The number of non-ortho nitro benzene ring substituents is 1. The van der Waals surface area contributed by atoms with E-state index < -0.39 is 28.8 Å². The number of unbranched alkanes of at least 4 members (excludes halogenated alkanes) is 2. The summed E-state index contributed by atoms with van der Waals surface area (Å²) in [5.41, 5.74) is 3.03. The van der Waals surface area contributed by atoms with E-state index >= 15 is 0 Å². The standard InChI is InChI=1S/C47H58ClN3O12/c1-2-24-60-47-43(50(20-26-58-27-23-54)46(55)59-25-19-48)31-41(49-61-32-33-11-4-3-5-12-33)39-28-34(13-6-8-21-52)38(16-7-9-22-53)44(45(39)47)40-30-37(17-18-42(40)63-47)62-36-15-10-14-35(29-36)51(56)57/h2-5,10-12,14-15,17-18,28-30,34,38,43-45,52-54H,1,6-9,13,16,19-27,31-32H2/t34-,38+,43-,44+,45+,47+/m0/s1. The SMILES string of the molecule is C=CCO[C@@]12Oc3ccc(Oc4cccc([N+](=O)[O-])c4)cc3[C@H]3[C@H](CCCCO)[C@@H](CCCCO)C=C(C(=NOCc4ccccc4)C[C@@H]1N(CCOCCO)C(=O)OCCCl)[C@H]32. The van der Waals surface area contributed by atoms with Gasteiger partial charge in [-0.1, -0.05) is 66.5 Å². The third-order valence-corrected chi connectivity index (χ3v) is 11.9. The second kappa shape index (κ2) is 23.6. The van der Waals surface area contributed by atoms with E-state index in [1.54, 1.807) is 30.3 Å². The highest BCUT2D eigenvalue weighted by Crippen LogP contribution is 2.62. The number of ether oxygens (including phenoxy) is 5. The first-order valence-electron chi connectivity index (χ1n) is 21.6. The van der Waals surface area contributed by atoms with Crippen LogP contribution in [0, 0.1) is 27.9 Å². The third kappa shape index (κ3) is 11.6. The highest BCUT2D eigenvalue weighted by Gasteiger charge is 2.65. The molecular weight excluding hydrogens is 834 g/mol. The Labute approximate surface area is 373 Å². The molecule has 0 spiro atoms. The molecule has 15 nitrogen and oxygen atoms in total. The molecule has 6 rings (SSSR count). The number of amides is 1. The Morgan fingerprint density at radius 2 is 1.75 bits per heavy atom. The lowest BCUT2D eigenvalue weighted by atomic mass is 9.55. The van der Waals surface area contributed by atoms with E-state index in [4.69, 9.17) is 45.3 Å². The van der Waals surface area contributed by atoms with Crippen molar-refractivity contribution in [3.63, 3.8) is 0 Å². The number of alkyl halides is 1. The minimum Gasteiger partial charge on any atom is -0.459 e. The lowest BCUT2D eigenvalue weighted by Crippen LogP contribution is -2.70. The summed E-state index contributed by atoms with van der Waals surface area (Å²) < 4.78 is 32.0. The maximum absolute atomic E-state index is 14.3. The van der Waals surface area contributed by atoms with Gasteiger partial charge in [0, 0.05) is 43.7 Å². The largest absolute Gasteiger partial charge is 0.459 e. The topological polar surface area (TPSA) is 192 Å². The Kier molecular flexibility index (Phi) is 17.8.